The monoisotopic (exact) mass is 314 g/mol. The van der Waals surface area contributed by atoms with E-state index in [9.17, 15) is 0 Å². The molecule has 0 unspecified atom stereocenters. The van der Waals surface area contributed by atoms with Gasteiger partial charge in [-0.1, -0.05) is 18.2 Å². The molecule has 1 aliphatic heterocycles. The molecule has 1 fully saturated rings. The fourth-order valence-electron chi connectivity index (χ4n) is 2.49. The highest BCUT2D eigenvalue weighted by Crippen LogP contribution is 2.31. The van der Waals surface area contributed by atoms with Gasteiger partial charge in [-0.2, -0.15) is 0 Å². The van der Waals surface area contributed by atoms with Crippen molar-refractivity contribution < 1.29 is 18.9 Å². The Morgan fingerprint density at radius 2 is 1.39 bits per heavy atom. The van der Waals surface area contributed by atoms with Crippen molar-refractivity contribution in [3.63, 3.8) is 0 Å². The van der Waals surface area contributed by atoms with Gasteiger partial charge in [-0.05, 0) is 49.7 Å². The third-order valence-electron chi connectivity index (χ3n) is 3.79. The number of ether oxygens (including phenoxy) is 4. The summed E-state index contributed by atoms with van der Waals surface area (Å²) in [5.41, 5.74) is 1.00. The molecule has 0 saturated carbocycles. The van der Waals surface area contributed by atoms with Gasteiger partial charge in [0.15, 0.2) is 5.79 Å². The van der Waals surface area contributed by atoms with Crippen LogP contribution < -0.4 is 9.47 Å². The van der Waals surface area contributed by atoms with E-state index in [1.54, 1.807) is 0 Å². The first-order chi connectivity index (χ1) is 11.3. The first-order valence-electron chi connectivity index (χ1n) is 7.95. The Labute approximate surface area is 136 Å². The molecule has 0 N–H and O–H groups in total. The second-order valence-electron chi connectivity index (χ2n) is 5.53. The van der Waals surface area contributed by atoms with Gasteiger partial charge in [-0.25, -0.2) is 0 Å². The van der Waals surface area contributed by atoms with E-state index in [0.29, 0.717) is 13.2 Å². The molecule has 0 bridgehead atoms. The minimum Gasteiger partial charge on any atom is -0.490 e. The van der Waals surface area contributed by atoms with Crippen molar-refractivity contribution in [1.29, 1.82) is 0 Å². The van der Waals surface area contributed by atoms with Gasteiger partial charge in [0.05, 0.1) is 13.2 Å². The summed E-state index contributed by atoms with van der Waals surface area (Å²) in [5, 5.41) is 0. The van der Waals surface area contributed by atoms with E-state index in [2.05, 4.69) is 0 Å². The van der Waals surface area contributed by atoms with Crippen LogP contribution in [0.4, 0.5) is 0 Å². The topological polar surface area (TPSA) is 36.9 Å². The van der Waals surface area contributed by atoms with Crippen LogP contribution >= 0.6 is 0 Å². The van der Waals surface area contributed by atoms with Crippen molar-refractivity contribution in [3.05, 3.63) is 60.2 Å². The Hall–Kier alpha value is -2.04. The standard InChI is InChI=1S/C19H22O4/c1-19(22-12-5-13-23-19)16-8-10-18(11-9-16)21-15-14-20-17-6-3-2-4-7-17/h2-4,6-11H,5,12-15H2,1H3. The van der Waals surface area contributed by atoms with Gasteiger partial charge in [0.25, 0.3) is 0 Å². The van der Waals surface area contributed by atoms with Crippen molar-refractivity contribution in [2.45, 2.75) is 19.1 Å². The maximum absolute atomic E-state index is 5.76. The van der Waals surface area contributed by atoms with Crippen LogP contribution in [0.25, 0.3) is 0 Å². The highest BCUT2D eigenvalue weighted by Gasteiger charge is 2.30. The lowest BCUT2D eigenvalue weighted by molar-refractivity contribution is -0.264. The van der Waals surface area contributed by atoms with Gasteiger partial charge >= 0.3 is 0 Å². The van der Waals surface area contributed by atoms with E-state index in [0.717, 1.165) is 36.7 Å². The molecule has 4 nitrogen and oxygen atoms in total. The highest BCUT2D eigenvalue weighted by molar-refractivity contribution is 5.30. The molecule has 1 aliphatic rings. The molecule has 4 heteroatoms. The van der Waals surface area contributed by atoms with Crippen molar-refractivity contribution in [2.24, 2.45) is 0 Å². The lowest BCUT2D eigenvalue weighted by atomic mass is 10.1. The van der Waals surface area contributed by atoms with Gasteiger partial charge in [0.1, 0.15) is 24.7 Å². The molecule has 2 aromatic carbocycles. The van der Waals surface area contributed by atoms with E-state index >= 15 is 0 Å². The van der Waals surface area contributed by atoms with E-state index in [-0.39, 0.29) is 0 Å². The van der Waals surface area contributed by atoms with Gasteiger partial charge in [0, 0.05) is 5.56 Å². The summed E-state index contributed by atoms with van der Waals surface area (Å²) < 4.78 is 22.8. The Morgan fingerprint density at radius 3 is 2.00 bits per heavy atom. The van der Waals surface area contributed by atoms with Crippen LogP contribution in [0.15, 0.2) is 54.6 Å². The maximum atomic E-state index is 5.76. The van der Waals surface area contributed by atoms with Crippen molar-refractivity contribution in [1.82, 2.24) is 0 Å². The molecule has 2 aromatic rings. The molecular formula is C19H22O4. The summed E-state index contributed by atoms with van der Waals surface area (Å²) in [4.78, 5) is 0. The predicted molar refractivity (Wildman–Crippen MR) is 87.7 cm³/mol. The predicted octanol–water partition coefficient (Wildman–Crippen LogP) is 3.75. The molecule has 0 aliphatic carbocycles. The molecule has 1 saturated heterocycles. The Kier molecular flexibility index (Phi) is 5.16. The number of hydrogen-bond acceptors (Lipinski definition) is 4. The third kappa shape index (κ3) is 4.24. The van der Waals surface area contributed by atoms with Crippen LogP contribution in [0.1, 0.15) is 18.9 Å². The molecule has 23 heavy (non-hydrogen) atoms. The molecule has 0 spiro atoms. The normalized spacial score (nSPS) is 16.7. The number of hydrogen-bond donors (Lipinski definition) is 0. The summed E-state index contributed by atoms with van der Waals surface area (Å²) in [6, 6.07) is 17.6. The van der Waals surface area contributed by atoms with Crippen LogP contribution in [0.2, 0.25) is 0 Å². The molecule has 3 rings (SSSR count). The molecule has 0 radical (unpaired) electrons. The SMILES string of the molecule is CC1(c2ccc(OCCOc3ccccc3)cc2)OCCCO1. The average Bonchev–Trinajstić information content (AvgIpc) is 2.61. The number of para-hydroxylation sites is 1. The minimum absolute atomic E-state index is 0.499. The van der Waals surface area contributed by atoms with Crippen LogP contribution in [0.5, 0.6) is 11.5 Å². The first kappa shape index (κ1) is 15.8. The quantitative estimate of drug-likeness (QED) is 0.761. The lowest BCUT2D eigenvalue weighted by Gasteiger charge is -2.34. The van der Waals surface area contributed by atoms with Gasteiger partial charge in [0.2, 0.25) is 0 Å². The van der Waals surface area contributed by atoms with Crippen molar-refractivity contribution in [2.75, 3.05) is 26.4 Å². The van der Waals surface area contributed by atoms with E-state index in [1.807, 2.05) is 61.5 Å². The Bertz CT molecular complexity index is 589. The van der Waals surface area contributed by atoms with Gasteiger partial charge < -0.3 is 18.9 Å². The van der Waals surface area contributed by atoms with Crippen molar-refractivity contribution >= 4 is 0 Å². The van der Waals surface area contributed by atoms with Crippen molar-refractivity contribution in [3.8, 4) is 11.5 Å². The maximum Gasteiger partial charge on any atom is 0.191 e. The summed E-state index contributed by atoms with van der Waals surface area (Å²) in [5.74, 6) is 1.02. The minimum atomic E-state index is -0.646. The number of rotatable bonds is 6. The Balaban J connectivity index is 1.48. The third-order valence-corrected chi connectivity index (χ3v) is 3.79. The van der Waals surface area contributed by atoms with Crippen LogP contribution in [0.3, 0.4) is 0 Å². The zero-order chi connectivity index (χ0) is 16.0. The second-order valence-corrected chi connectivity index (χ2v) is 5.53. The lowest BCUT2D eigenvalue weighted by Crippen LogP contribution is -2.34. The molecule has 0 atom stereocenters. The molecular weight excluding hydrogens is 292 g/mol. The summed E-state index contributed by atoms with van der Waals surface area (Å²) in [6.45, 7) is 4.42. The molecule has 0 amide bonds. The summed E-state index contributed by atoms with van der Waals surface area (Å²) in [7, 11) is 0. The zero-order valence-corrected chi connectivity index (χ0v) is 13.4. The molecule has 0 aromatic heterocycles. The molecule has 122 valence electrons. The van der Waals surface area contributed by atoms with Gasteiger partial charge in [-0.3, -0.25) is 0 Å². The average molecular weight is 314 g/mol. The Morgan fingerprint density at radius 1 is 0.826 bits per heavy atom. The fraction of sp³-hybridized carbons (Fsp3) is 0.368. The van der Waals surface area contributed by atoms with Crippen LogP contribution in [-0.4, -0.2) is 26.4 Å². The first-order valence-corrected chi connectivity index (χ1v) is 7.95. The highest BCUT2D eigenvalue weighted by atomic mass is 16.7. The fourth-order valence-corrected chi connectivity index (χ4v) is 2.49. The second kappa shape index (κ2) is 7.49. The smallest absolute Gasteiger partial charge is 0.191 e. The van der Waals surface area contributed by atoms with E-state index in [1.165, 1.54) is 0 Å². The summed E-state index contributed by atoms with van der Waals surface area (Å²) in [6.07, 6.45) is 0.943. The van der Waals surface area contributed by atoms with E-state index < -0.39 is 5.79 Å². The van der Waals surface area contributed by atoms with Gasteiger partial charge in [-0.15, -0.1) is 0 Å². The zero-order valence-electron chi connectivity index (χ0n) is 13.4. The summed E-state index contributed by atoms with van der Waals surface area (Å²) >= 11 is 0. The largest absolute Gasteiger partial charge is 0.490 e. The van der Waals surface area contributed by atoms with Crippen LogP contribution in [-0.2, 0) is 15.3 Å². The van der Waals surface area contributed by atoms with Crippen LogP contribution in [0, 0.1) is 0 Å². The van der Waals surface area contributed by atoms with E-state index in [4.69, 9.17) is 18.9 Å². The molecule has 1 heterocycles. The number of benzene rings is 2.